The number of carbonyl (C=O) groups is 2. The van der Waals surface area contributed by atoms with Crippen LogP contribution in [0.3, 0.4) is 0 Å². The number of nitrogens with zero attached hydrogens (tertiary/aromatic N) is 3. The number of aromatic nitrogens is 2. The molecule has 0 aliphatic carbocycles. The third-order valence-corrected chi connectivity index (χ3v) is 6.22. The van der Waals surface area contributed by atoms with Crippen LogP contribution in [0.15, 0.2) is 58.9 Å². The quantitative estimate of drug-likeness (QED) is 0.461. The van der Waals surface area contributed by atoms with E-state index in [9.17, 15) is 14.7 Å². The number of aliphatic carboxylic acids is 1. The van der Waals surface area contributed by atoms with Crippen molar-refractivity contribution in [1.82, 2.24) is 14.7 Å². The van der Waals surface area contributed by atoms with Crippen LogP contribution in [-0.4, -0.2) is 37.4 Å². The predicted molar refractivity (Wildman–Crippen MR) is 112 cm³/mol. The van der Waals surface area contributed by atoms with E-state index in [0.717, 1.165) is 38.5 Å². The highest BCUT2D eigenvalue weighted by Crippen LogP contribution is 2.35. The van der Waals surface area contributed by atoms with Gasteiger partial charge >= 0.3 is 0 Å². The second-order valence-corrected chi connectivity index (χ2v) is 8.45. The van der Waals surface area contributed by atoms with Crippen molar-refractivity contribution in [2.24, 2.45) is 0 Å². The summed E-state index contributed by atoms with van der Waals surface area (Å²) in [5.41, 5.74) is 2.38. The largest absolute Gasteiger partial charge is 0.548 e. The van der Waals surface area contributed by atoms with E-state index in [0.29, 0.717) is 4.91 Å². The maximum Gasteiger partial charge on any atom is 0.266 e. The van der Waals surface area contributed by atoms with Crippen molar-refractivity contribution < 1.29 is 14.7 Å². The number of carbonyl (C=O) groups excluding carboxylic acids is 2. The van der Waals surface area contributed by atoms with E-state index in [1.54, 1.807) is 22.1 Å². The highest BCUT2D eigenvalue weighted by atomic mass is 32.2. The number of carboxylic acids is 1. The summed E-state index contributed by atoms with van der Waals surface area (Å²) in [5.74, 6) is -1.79. The molecule has 2 aromatic heterocycles. The predicted octanol–water partition coefficient (Wildman–Crippen LogP) is 2.55. The van der Waals surface area contributed by atoms with E-state index in [2.05, 4.69) is 5.10 Å². The molecule has 0 unspecified atom stereocenters. The molecular formula is C19H12N3O3S3-. The van der Waals surface area contributed by atoms with Crippen LogP contribution >= 0.6 is 35.3 Å². The summed E-state index contributed by atoms with van der Waals surface area (Å²) >= 11 is 7.76. The Hall–Kier alpha value is -2.75. The molecule has 9 heteroatoms. The fourth-order valence-electron chi connectivity index (χ4n) is 2.72. The van der Waals surface area contributed by atoms with Gasteiger partial charge in [0, 0.05) is 11.8 Å². The Labute approximate surface area is 174 Å². The molecule has 1 aliphatic rings. The standard InChI is InChI=1S/C19H13N3O3S3/c23-16(24)11-21-18(25)15(28-19(21)26)9-12-10-22(13-5-2-1-3-6-13)20-17(12)14-7-4-8-27-14/h1-10H,11H2,(H,23,24)/p-1/b15-9-. The molecule has 0 N–H and O–H groups in total. The van der Waals surface area contributed by atoms with E-state index >= 15 is 0 Å². The van der Waals surface area contributed by atoms with Crippen LogP contribution < -0.4 is 5.11 Å². The number of carboxylic acid groups (broad SMARTS) is 1. The van der Waals surface area contributed by atoms with Crippen molar-refractivity contribution in [1.29, 1.82) is 0 Å². The molecule has 0 saturated carbocycles. The van der Waals surface area contributed by atoms with E-state index in [4.69, 9.17) is 12.2 Å². The Bertz CT molecular complexity index is 1090. The van der Waals surface area contributed by atoms with Crippen molar-refractivity contribution in [3.05, 3.63) is 64.5 Å². The number of thiophene rings is 1. The zero-order chi connectivity index (χ0) is 19.7. The highest BCUT2D eigenvalue weighted by Gasteiger charge is 2.32. The monoisotopic (exact) mass is 426 g/mol. The SMILES string of the molecule is O=C([O-])CN1C(=O)/C(=C/c2cn(-c3ccccc3)nc2-c2cccs2)SC1=S. The van der Waals surface area contributed by atoms with Gasteiger partial charge in [-0.3, -0.25) is 9.69 Å². The number of thioether (sulfide) groups is 1. The number of para-hydroxylation sites is 1. The second-order valence-electron chi connectivity index (χ2n) is 5.83. The van der Waals surface area contributed by atoms with Gasteiger partial charge in [0.05, 0.1) is 28.0 Å². The van der Waals surface area contributed by atoms with Gasteiger partial charge in [-0.2, -0.15) is 5.10 Å². The molecule has 28 heavy (non-hydrogen) atoms. The number of benzene rings is 1. The Morgan fingerprint density at radius 3 is 2.68 bits per heavy atom. The summed E-state index contributed by atoms with van der Waals surface area (Å²) in [6, 6.07) is 13.5. The smallest absolute Gasteiger partial charge is 0.266 e. The molecule has 1 saturated heterocycles. The molecule has 0 bridgehead atoms. The van der Waals surface area contributed by atoms with Crippen LogP contribution in [0, 0.1) is 0 Å². The summed E-state index contributed by atoms with van der Waals surface area (Å²) in [6.45, 7) is -0.553. The fraction of sp³-hybridized carbons (Fsp3) is 0.0526. The first-order chi connectivity index (χ1) is 13.5. The third kappa shape index (κ3) is 3.64. The van der Waals surface area contributed by atoms with E-state index in [1.807, 2.05) is 54.0 Å². The summed E-state index contributed by atoms with van der Waals surface area (Å²) in [6.07, 6.45) is 3.55. The zero-order valence-electron chi connectivity index (χ0n) is 14.3. The Morgan fingerprint density at radius 1 is 1.21 bits per heavy atom. The Kier molecular flexibility index (Phi) is 5.12. The minimum atomic E-state index is -1.35. The van der Waals surface area contributed by atoms with Gasteiger partial charge in [0.25, 0.3) is 5.91 Å². The number of hydrogen-bond donors (Lipinski definition) is 0. The molecule has 3 aromatic rings. The molecule has 0 radical (unpaired) electrons. The lowest BCUT2D eigenvalue weighted by molar-refractivity contribution is -0.305. The van der Waals surface area contributed by atoms with Crippen molar-refractivity contribution in [2.45, 2.75) is 0 Å². The molecule has 140 valence electrons. The molecule has 3 heterocycles. The van der Waals surface area contributed by atoms with Crippen LogP contribution in [0.4, 0.5) is 0 Å². The van der Waals surface area contributed by atoms with Crippen LogP contribution in [0.5, 0.6) is 0 Å². The molecule has 1 aliphatic heterocycles. The first-order valence-electron chi connectivity index (χ1n) is 8.17. The lowest BCUT2D eigenvalue weighted by Gasteiger charge is -2.14. The lowest BCUT2D eigenvalue weighted by Crippen LogP contribution is -2.40. The van der Waals surface area contributed by atoms with Gasteiger partial charge in [-0.1, -0.05) is 48.2 Å². The number of thiocarbonyl (C=S) groups is 1. The van der Waals surface area contributed by atoms with E-state index in [-0.39, 0.29) is 4.32 Å². The summed E-state index contributed by atoms with van der Waals surface area (Å²) in [7, 11) is 0. The number of amides is 1. The van der Waals surface area contributed by atoms with Gasteiger partial charge in [0.2, 0.25) is 0 Å². The van der Waals surface area contributed by atoms with Gasteiger partial charge in [-0.15, -0.1) is 11.3 Å². The van der Waals surface area contributed by atoms with Gasteiger partial charge in [-0.25, -0.2) is 4.68 Å². The molecule has 4 rings (SSSR count). The van der Waals surface area contributed by atoms with Crippen molar-refractivity contribution in [2.75, 3.05) is 6.54 Å². The molecule has 0 atom stereocenters. The van der Waals surface area contributed by atoms with Crippen LogP contribution in [0.2, 0.25) is 0 Å². The minimum absolute atomic E-state index is 0.202. The van der Waals surface area contributed by atoms with Crippen LogP contribution in [0.25, 0.3) is 22.3 Å². The Balaban J connectivity index is 1.76. The summed E-state index contributed by atoms with van der Waals surface area (Å²) in [5, 5.41) is 17.5. The summed E-state index contributed by atoms with van der Waals surface area (Å²) < 4.78 is 1.96. The number of rotatable bonds is 5. The number of hydrogen-bond acceptors (Lipinski definition) is 7. The molecule has 0 spiro atoms. The summed E-state index contributed by atoms with van der Waals surface area (Å²) in [4.78, 5) is 25.8. The maximum absolute atomic E-state index is 12.6. The minimum Gasteiger partial charge on any atom is -0.548 e. The Morgan fingerprint density at radius 2 is 2.00 bits per heavy atom. The lowest BCUT2D eigenvalue weighted by atomic mass is 10.2. The van der Waals surface area contributed by atoms with E-state index in [1.165, 1.54) is 0 Å². The zero-order valence-corrected chi connectivity index (χ0v) is 16.7. The van der Waals surface area contributed by atoms with Crippen LogP contribution in [-0.2, 0) is 9.59 Å². The first-order valence-corrected chi connectivity index (χ1v) is 10.3. The maximum atomic E-state index is 12.6. The van der Waals surface area contributed by atoms with Crippen molar-refractivity contribution in [3.63, 3.8) is 0 Å². The molecule has 1 aromatic carbocycles. The van der Waals surface area contributed by atoms with Gasteiger partial charge in [-0.05, 0) is 29.7 Å². The normalized spacial score (nSPS) is 15.6. The van der Waals surface area contributed by atoms with Crippen molar-refractivity contribution >= 4 is 57.6 Å². The molecule has 6 nitrogen and oxygen atoms in total. The third-order valence-electron chi connectivity index (χ3n) is 3.97. The van der Waals surface area contributed by atoms with Crippen molar-refractivity contribution in [3.8, 4) is 16.3 Å². The van der Waals surface area contributed by atoms with Gasteiger partial charge in [0.1, 0.15) is 10.0 Å². The van der Waals surface area contributed by atoms with Crippen LogP contribution in [0.1, 0.15) is 5.56 Å². The highest BCUT2D eigenvalue weighted by molar-refractivity contribution is 8.26. The average molecular weight is 427 g/mol. The average Bonchev–Trinajstić information content (AvgIpc) is 3.39. The fourth-order valence-corrected chi connectivity index (χ4v) is 4.69. The van der Waals surface area contributed by atoms with E-state index < -0.39 is 18.4 Å². The topological polar surface area (TPSA) is 78.3 Å². The molecule has 1 amide bonds. The van der Waals surface area contributed by atoms with Gasteiger partial charge < -0.3 is 9.90 Å². The second kappa shape index (κ2) is 7.70. The molecular weight excluding hydrogens is 414 g/mol. The molecule has 1 fully saturated rings. The van der Waals surface area contributed by atoms with Gasteiger partial charge in [0.15, 0.2) is 0 Å². The first kappa shape index (κ1) is 18.6.